The van der Waals surface area contributed by atoms with Crippen LogP contribution in [0.5, 0.6) is 0 Å². The Kier molecular flexibility index (Phi) is 2.35. The summed E-state index contributed by atoms with van der Waals surface area (Å²) in [5, 5.41) is 3.07. The van der Waals surface area contributed by atoms with Crippen molar-refractivity contribution < 1.29 is 4.79 Å². The zero-order valence-corrected chi connectivity index (χ0v) is 11.7. The lowest BCUT2D eigenvalue weighted by molar-refractivity contribution is -0.118. The molecule has 2 bridgehead atoms. The van der Waals surface area contributed by atoms with Crippen molar-refractivity contribution in [2.45, 2.75) is 19.3 Å². The van der Waals surface area contributed by atoms with Crippen LogP contribution in [0.25, 0.3) is 0 Å². The Hall–Kier alpha value is -0.830. The Labute approximate surface area is 115 Å². The lowest BCUT2D eigenvalue weighted by atomic mass is 10.0. The largest absolute Gasteiger partial charge is 0.326 e. The summed E-state index contributed by atoms with van der Waals surface area (Å²) in [7, 11) is 0. The van der Waals surface area contributed by atoms with Crippen molar-refractivity contribution in [2.75, 3.05) is 5.32 Å². The first-order valence-electron chi connectivity index (χ1n) is 6.80. The number of hydrogen-bond donors (Lipinski definition) is 1. The van der Waals surface area contributed by atoms with Gasteiger partial charge in [-0.1, -0.05) is 15.9 Å². The number of rotatable bonds is 2. The van der Waals surface area contributed by atoms with E-state index in [4.69, 9.17) is 0 Å². The summed E-state index contributed by atoms with van der Waals surface area (Å²) < 4.78 is 1.04. The van der Waals surface area contributed by atoms with E-state index in [1.54, 1.807) is 0 Å². The summed E-state index contributed by atoms with van der Waals surface area (Å²) >= 11 is 3.40. The van der Waals surface area contributed by atoms with Crippen LogP contribution in [-0.4, -0.2) is 5.91 Å². The molecule has 3 saturated carbocycles. The third-order valence-electron chi connectivity index (χ3n) is 5.15. The molecule has 3 fully saturated rings. The lowest BCUT2D eigenvalue weighted by Gasteiger charge is -2.09. The van der Waals surface area contributed by atoms with Crippen molar-refractivity contribution in [3.05, 3.63) is 28.7 Å². The Bertz CT molecular complexity index is 482. The molecule has 4 atom stereocenters. The van der Waals surface area contributed by atoms with Gasteiger partial charge < -0.3 is 5.32 Å². The van der Waals surface area contributed by atoms with Crippen LogP contribution >= 0.6 is 15.9 Å². The Morgan fingerprint density at radius 2 is 1.72 bits per heavy atom. The van der Waals surface area contributed by atoms with Crippen molar-refractivity contribution in [1.29, 1.82) is 0 Å². The Morgan fingerprint density at radius 1 is 1.11 bits per heavy atom. The van der Waals surface area contributed by atoms with Gasteiger partial charge in [0.15, 0.2) is 0 Å². The van der Waals surface area contributed by atoms with Crippen molar-refractivity contribution in [3.8, 4) is 0 Å². The first kappa shape index (κ1) is 11.0. The maximum absolute atomic E-state index is 12.3. The van der Waals surface area contributed by atoms with E-state index in [0.29, 0.717) is 5.92 Å². The smallest absolute Gasteiger partial charge is 0.228 e. The number of carbonyl (C=O) groups excluding carboxylic acids is 1. The summed E-state index contributed by atoms with van der Waals surface area (Å²) in [5.74, 6) is 3.74. The van der Waals surface area contributed by atoms with E-state index in [0.717, 1.165) is 33.8 Å². The predicted molar refractivity (Wildman–Crippen MR) is 74.1 cm³/mol. The molecular formula is C15H16BrNO. The van der Waals surface area contributed by atoms with Crippen molar-refractivity contribution in [3.63, 3.8) is 0 Å². The zero-order chi connectivity index (χ0) is 12.3. The van der Waals surface area contributed by atoms with Crippen molar-refractivity contribution in [2.24, 2.45) is 29.6 Å². The number of anilines is 1. The fourth-order valence-electron chi connectivity index (χ4n) is 4.43. The number of benzene rings is 1. The van der Waals surface area contributed by atoms with Crippen LogP contribution in [0, 0.1) is 29.6 Å². The van der Waals surface area contributed by atoms with Gasteiger partial charge in [-0.25, -0.2) is 0 Å². The Balaban J connectivity index is 1.45. The highest BCUT2D eigenvalue weighted by Crippen LogP contribution is 2.69. The molecule has 0 radical (unpaired) electrons. The summed E-state index contributed by atoms with van der Waals surface area (Å²) in [4.78, 5) is 12.3. The predicted octanol–water partition coefficient (Wildman–Crippen LogP) is 3.68. The van der Waals surface area contributed by atoms with Crippen LogP contribution in [0.3, 0.4) is 0 Å². The maximum Gasteiger partial charge on any atom is 0.228 e. The van der Waals surface area contributed by atoms with Crippen LogP contribution < -0.4 is 5.32 Å². The van der Waals surface area contributed by atoms with E-state index < -0.39 is 0 Å². The molecule has 0 spiro atoms. The first-order valence-corrected chi connectivity index (χ1v) is 7.60. The number of carbonyl (C=O) groups is 1. The number of hydrogen-bond acceptors (Lipinski definition) is 1. The lowest BCUT2D eigenvalue weighted by Crippen LogP contribution is -2.18. The fourth-order valence-corrected chi connectivity index (χ4v) is 4.70. The van der Waals surface area contributed by atoms with Crippen molar-refractivity contribution >= 4 is 27.5 Å². The van der Waals surface area contributed by atoms with Gasteiger partial charge in [0.25, 0.3) is 0 Å². The molecular weight excluding hydrogens is 290 g/mol. The number of nitrogens with one attached hydrogen (secondary N) is 1. The normalized spacial score (nSPS) is 39.5. The minimum absolute atomic E-state index is 0.254. The third kappa shape index (κ3) is 1.56. The minimum atomic E-state index is 0.254. The number of halogens is 1. The van der Waals surface area contributed by atoms with Gasteiger partial charge in [0.1, 0.15) is 0 Å². The van der Waals surface area contributed by atoms with Crippen LogP contribution in [0.2, 0.25) is 0 Å². The highest BCUT2D eigenvalue weighted by atomic mass is 79.9. The quantitative estimate of drug-likeness (QED) is 0.887. The van der Waals surface area contributed by atoms with Gasteiger partial charge in [0.2, 0.25) is 5.91 Å². The summed E-state index contributed by atoms with van der Waals surface area (Å²) in [6, 6.07) is 7.84. The molecule has 4 rings (SSSR count). The molecule has 3 aliphatic rings. The van der Waals surface area contributed by atoms with E-state index in [-0.39, 0.29) is 5.91 Å². The van der Waals surface area contributed by atoms with Gasteiger partial charge in [-0.2, -0.15) is 0 Å². The summed E-state index contributed by atoms with van der Waals surface area (Å²) in [5.41, 5.74) is 0.917. The topological polar surface area (TPSA) is 29.1 Å². The first-order chi connectivity index (χ1) is 8.74. The van der Waals surface area contributed by atoms with E-state index in [2.05, 4.69) is 21.2 Å². The summed E-state index contributed by atoms with van der Waals surface area (Å²) in [6.07, 6.45) is 4.14. The van der Waals surface area contributed by atoms with Gasteiger partial charge in [-0.15, -0.1) is 0 Å². The molecule has 2 nitrogen and oxygen atoms in total. The van der Waals surface area contributed by atoms with Gasteiger partial charge in [-0.3, -0.25) is 4.79 Å². The molecule has 1 aromatic rings. The molecule has 1 aromatic carbocycles. The van der Waals surface area contributed by atoms with E-state index in [1.165, 1.54) is 19.3 Å². The van der Waals surface area contributed by atoms with Crippen LogP contribution in [0.15, 0.2) is 28.7 Å². The monoisotopic (exact) mass is 305 g/mol. The highest BCUT2D eigenvalue weighted by Gasteiger charge is 2.67. The van der Waals surface area contributed by atoms with Crippen molar-refractivity contribution in [1.82, 2.24) is 0 Å². The average molecular weight is 306 g/mol. The number of amides is 1. The maximum atomic E-state index is 12.3. The van der Waals surface area contributed by atoms with Crippen LogP contribution in [-0.2, 0) is 4.79 Å². The highest BCUT2D eigenvalue weighted by molar-refractivity contribution is 9.10. The van der Waals surface area contributed by atoms with E-state index >= 15 is 0 Å². The molecule has 1 N–H and O–H groups in total. The van der Waals surface area contributed by atoms with Crippen LogP contribution in [0.4, 0.5) is 5.69 Å². The standard InChI is InChI=1S/C15H16BrNO/c16-10-3-5-11(6-4-10)17-15(18)14-12-8-1-2-9(7-8)13(12)14/h3-6,8-9,12-14H,1-2,7H2,(H,17,18)/t8-,9-,12+,13+/m1/s1. The van der Waals surface area contributed by atoms with Gasteiger partial charge in [0.05, 0.1) is 0 Å². The van der Waals surface area contributed by atoms with Gasteiger partial charge in [0, 0.05) is 16.1 Å². The minimum Gasteiger partial charge on any atom is -0.326 e. The molecule has 0 saturated heterocycles. The molecule has 3 aliphatic carbocycles. The Morgan fingerprint density at radius 3 is 2.33 bits per heavy atom. The number of fused-ring (bicyclic) bond motifs is 5. The molecule has 94 valence electrons. The van der Waals surface area contributed by atoms with E-state index in [9.17, 15) is 4.79 Å². The second-order valence-electron chi connectivity index (χ2n) is 6.01. The molecule has 0 aliphatic heterocycles. The van der Waals surface area contributed by atoms with Gasteiger partial charge >= 0.3 is 0 Å². The average Bonchev–Trinajstić information content (AvgIpc) is 2.82. The molecule has 18 heavy (non-hydrogen) atoms. The third-order valence-corrected chi connectivity index (χ3v) is 5.68. The van der Waals surface area contributed by atoms with E-state index in [1.807, 2.05) is 24.3 Å². The summed E-state index contributed by atoms with van der Waals surface area (Å²) in [6.45, 7) is 0. The zero-order valence-electron chi connectivity index (χ0n) is 10.1. The molecule has 0 unspecified atom stereocenters. The second-order valence-corrected chi connectivity index (χ2v) is 6.93. The molecule has 0 heterocycles. The molecule has 1 amide bonds. The van der Waals surface area contributed by atoms with Crippen LogP contribution in [0.1, 0.15) is 19.3 Å². The SMILES string of the molecule is O=C(Nc1ccc(Br)cc1)C1[C@H]2[C@@H]3CC[C@H](C3)[C@H]12. The second kappa shape index (κ2) is 3.83. The van der Waals surface area contributed by atoms with Gasteiger partial charge in [-0.05, 0) is 67.2 Å². The molecule has 0 aromatic heterocycles. The fraction of sp³-hybridized carbons (Fsp3) is 0.533. The molecule has 3 heteroatoms.